The number of benzene rings is 1. The zero-order chi connectivity index (χ0) is 20.1. The highest BCUT2D eigenvalue weighted by Gasteiger charge is 2.21. The maximum Gasteiger partial charge on any atom is 0.0991 e. The van der Waals surface area contributed by atoms with E-state index in [4.69, 9.17) is 5.26 Å². The molecule has 1 aliphatic rings. The third kappa shape index (κ3) is 5.30. The third-order valence-corrected chi connectivity index (χ3v) is 8.94. The summed E-state index contributed by atoms with van der Waals surface area (Å²) in [4.78, 5) is 2.87. The van der Waals surface area contributed by atoms with Crippen LogP contribution in [0.25, 0.3) is 19.8 Å². The molecule has 1 fully saturated rings. The van der Waals surface area contributed by atoms with Crippen molar-refractivity contribution in [3.63, 3.8) is 0 Å². The molecule has 3 aromatic rings. The standard InChI is InChI=1S/C26H31NS2/c1-2-3-4-5-19-6-8-20(9-7-19)12-15-23-16-25-26(28-23)17-24(29-25)22-13-10-21(18-27)11-14-22/h10-11,13-14,16-17,19-20H,2-9,12,15H2,1H3/t19-,20-. The fraction of sp³-hybridized carbons (Fsp3) is 0.500. The zero-order valence-corrected chi connectivity index (χ0v) is 19.1. The Kier molecular flexibility index (Phi) is 7.06. The first-order valence-corrected chi connectivity index (χ1v) is 12.9. The van der Waals surface area contributed by atoms with Crippen molar-refractivity contribution in [3.8, 4) is 16.5 Å². The first-order chi connectivity index (χ1) is 14.2. The lowest BCUT2D eigenvalue weighted by Gasteiger charge is -2.28. The molecule has 0 aliphatic heterocycles. The lowest BCUT2D eigenvalue weighted by molar-refractivity contribution is 0.249. The molecule has 0 spiro atoms. The van der Waals surface area contributed by atoms with E-state index in [0.717, 1.165) is 17.4 Å². The quantitative estimate of drug-likeness (QED) is 0.333. The van der Waals surface area contributed by atoms with Crippen LogP contribution >= 0.6 is 22.7 Å². The molecule has 0 atom stereocenters. The maximum absolute atomic E-state index is 8.97. The van der Waals surface area contributed by atoms with E-state index in [9.17, 15) is 0 Å². The number of thiophene rings is 2. The van der Waals surface area contributed by atoms with Gasteiger partial charge in [0.05, 0.1) is 11.6 Å². The largest absolute Gasteiger partial charge is 0.192 e. The fourth-order valence-electron chi connectivity index (χ4n) is 4.70. The minimum absolute atomic E-state index is 0.726. The van der Waals surface area contributed by atoms with Gasteiger partial charge in [-0.15, -0.1) is 22.7 Å². The van der Waals surface area contributed by atoms with E-state index >= 15 is 0 Å². The lowest BCUT2D eigenvalue weighted by Crippen LogP contribution is -2.15. The molecule has 1 aromatic carbocycles. The Morgan fingerprint density at radius 2 is 1.59 bits per heavy atom. The van der Waals surface area contributed by atoms with E-state index in [2.05, 4.69) is 37.3 Å². The van der Waals surface area contributed by atoms with Gasteiger partial charge in [0, 0.05) is 19.2 Å². The van der Waals surface area contributed by atoms with E-state index in [1.54, 1.807) is 4.88 Å². The van der Waals surface area contributed by atoms with Gasteiger partial charge in [0.15, 0.2) is 0 Å². The van der Waals surface area contributed by atoms with Crippen LogP contribution in [0.4, 0.5) is 0 Å². The van der Waals surface area contributed by atoms with Crippen molar-refractivity contribution in [1.29, 1.82) is 5.26 Å². The Hall–Kier alpha value is -1.63. The summed E-state index contributed by atoms with van der Waals surface area (Å²) < 4.78 is 2.84. The summed E-state index contributed by atoms with van der Waals surface area (Å²) in [6.07, 6.45) is 14.2. The van der Waals surface area contributed by atoms with Gasteiger partial charge in [-0.25, -0.2) is 0 Å². The summed E-state index contributed by atoms with van der Waals surface area (Å²) in [7, 11) is 0. The van der Waals surface area contributed by atoms with Gasteiger partial charge in [0.1, 0.15) is 0 Å². The molecule has 1 saturated carbocycles. The average Bonchev–Trinajstić information content (AvgIpc) is 3.32. The van der Waals surface area contributed by atoms with Crippen molar-refractivity contribution in [2.24, 2.45) is 11.8 Å². The summed E-state index contributed by atoms with van der Waals surface area (Å²) in [6, 6.07) is 14.9. The van der Waals surface area contributed by atoms with Crippen molar-refractivity contribution in [2.45, 2.75) is 71.1 Å². The molecular weight excluding hydrogens is 390 g/mol. The second-order valence-electron chi connectivity index (χ2n) is 8.66. The van der Waals surface area contributed by atoms with Gasteiger partial charge in [-0.2, -0.15) is 5.26 Å². The molecule has 0 unspecified atom stereocenters. The summed E-state index contributed by atoms with van der Waals surface area (Å²) in [5.74, 6) is 1.97. The average molecular weight is 422 g/mol. The smallest absolute Gasteiger partial charge is 0.0991 e. The molecule has 0 bridgehead atoms. The van der Waals surface area contributed by atoms with Crippen LogP contribution in [0.5, 0.6) is 0 Å². The number of unbranched alkanes of at least 4 members (excludes halogenated alkanes) is 2. The number of aryl methyl sites for hydroxylation is 1. The summed E-state index contributed by atoms with van der Waals surface area (Å²) >= 11 is 3.86. The van der Waals surface area contributed by atoms with Gasteiger partial charge in [-0.1, -0.05) is 70.4 Å². The van der Waals surface area contributed by atoms with Crippen molar-refractivity contribution in [1.82, 2.24) is 0 Å². The van der Waals surface area contributed by atoms with Crippen molar-refractivity contribution < 1.29 is 0 Å². The molecule has 0 radical (unpaired) electrons. The minimum Gasteiger partial charge on any atom is -0.192 e. The van der Waals surface area contributed by atoms with E-state index in [0.29, 0.717) is 0 Å². The Morgan fingerprint density at radius 1 is 0.897 bits per heavy atom. The van der Waals surface area contributed by atoms with E-state index in [-0.39, 0.29) is 0 Å². The Bertz CT molecular complexity index is 917. The Morgan fingerprint density at radius 3 is 2.24 bits per heavy atom. The summed E-state index contributed by atoms with van der Waals surface area (Å²) in [6.45, 7) is 2.31. The molecule has 152 valence electrons. The van der Waals surface area contributed by atoms with Crippen molar-refractivity contribution in [2.75, 3.05) is 0 Å². The topological polar surface area (TPSA) is 23.8 Å². The Labute approximate surface area is 183 Å². The van der Waals surface area contributed by atoms with Crippen LogP contribution in [-0.2, 0) is 6.42 Å². The Balaban J connectivity index is 1.28. The highest BCUT2D eigenvalue weighted by atomic mass is 32.1. The third-order valence-electron chi connectivity index (χ3n) is 6.54. The van der Waals surface area contributed by atoms with Crippen LogP contribution in [0.1, 0.15) is 75.2 Å². The van der Waals surface area contributed by atoms with Gasteiger partial charge in [-0.05, 0) is 54.5 Å². The first-order valence-electron chi connectivity index (χ1n) is 11.3. The SMILES string of the molecule is CCCCC[C@H]1CC[C@H](CCc2cc3sc(-c4ccc(C#N)cc4)cc3s2)CC1. The normalized spacial score (nSPS) is 19.4. The molecule has 1 nitrogen and oxygen atoms in total. The highest BCUT2D eigenvalue weighted by molar-refractivity contribution is 7.29. The lowest BCUT2D eigenvalue weighted by atomic mass is 9.78. The number of hydrogen-bond donors (Lipinski definition) is 0. The van der Waals surface area contributed by atoms with Gasteiger partial charge in [0.2, 0.25) is 0 Å². The fourth-order valence-corrected chi connectivity index (χ4v) is 7.14. The van der Waals surface area contributed by atoms with E-state index in [1.807, 2.05) is 34.8 Å². The molecule has 0 amide bonds. The van der Waals surface area contributed by atoms with Crippen LogP contribution in [0, 0.1) is 23.2 Å². The summed E-state index contributed by atoms with van der Waals surface area (Å²) in [5.41, 5.74) is 1.94. The van der Waals surface area contributed by atoms with Crippen molar-refractivity contribution >= 4 is 32.1 Å². The van der Waals surface area contributed by atoms with E-state index < -0.39 is 0 Å². The van der Waals surface area contributed by atoms with Crippen LogP contribution < -0.4 is 0 Å². The molecule has 2 heterocycles. The van der Waals surface area contributed by atoms with Gasteiger partial charge < -0.3 is 0 Å². The number of nitriles is 1. The molecule has 0 saturated heterocycles. The van der Waals surface area contributed by atoms with Crippen LogP contribution in [0.15, 0.2) is 36.4 Å². The zero-order valence-electron chi connectivity index (χ0n) is 17.5. The molecule has 4 rings (SSSR count). The predicted molar refractivity (Wildman–Crippen MR) is 128 cm³/mol. The second-order valence-corrected chi connectivity index (χ2v) is 10.9. The number of fused-ring (bicyclic) bond motifs is 1. The van der Waals surface area contributed by atoms with Crippen LogP contribution in [0.2, 0.25) is 0 Å². The van der Waals surface area contributed by atoms with Gasteiger partial charge >= 0.3 is 0 Å². The van der Waals surface area contributed by atoms with Gasteiger partial charge in [0.25, 0.3) is 0 Å². The highest BCUT2D eigenvalue weighted by Crippen LogP contribution is 2.40. The van der Waals surface area contributed by atoms with Gasteiger partial charge in [-0.3, -0.25) is 0 Å². The molecule has 0 N–H and O–H groups in total. The first kappa shape index (κ1) is 20.6. The molecule has 2 aromatic heterocycles. The summed E-state index contributed by atoms with van der Waals surface area (Å²) in [5, 5.41) is 8.97. The minimum atomic E-state index is 0.726. The molecule has 29 heavy (non-hydrogen) atoms. The second kappa shape index (κ2) is 9.92. The van der Waals surface area contributed by atoms with Crippen LogP contribution in [0.3, 0.4) is 0 Å². The van der Waals surface area contributed by atoms with Crippen LogP contribution in [-0.4, -0.2) is 0 Å². The molecule has 1 aliphatic carbocycles. The molecule has 3 heteroatoms. The maximum atomic E-state index is 8.97. The monoisotopic (exact) mass is 421 g/mol. The molecular formula is C26H31NS2. The number of nitrogens with zero attached hydrogens (tertiary/aromatic N) is 1. The van der Waals surface area contributed by atoms with Crippen molar-refractivity contribution in [3.05, 3.63) is 46.8 Å². The van der Waals surface area contributed by atoms with E-state index in [1.165, 1.54) is 84.0 Å². The number of hydrogen-bond acceptors (Lipinski definition) is 3. The predicted octanol–water partition coefficient (Wildman–Crippen LogP) is 8.82. The number of rotatable bonds is 8.